The smallest absolute Gasteiger partial charge is 0.291 e. The number of likely N-dealkylation sites (tertiary alicyclic amines) is 1. The second-order valence-electron chi connectivity index (χ2n) is 6.05. The molecule has 0 aliphatic carbocycles. The molecular formula is C17H20FN5O2. The van der Waals surface area contributed by atoms with Crippen LogP contribution in [0.2, 0.25) is 0 Å². The Kier molecular flexibility index (Phi) is 4.78. The molecule has 1 N–H and O–H groups in total. The number of halogens is 1. The number of carbonyl (C=O) groups is 2. The van der Waals surface area contributed by atoms with Crippen molar-refractivity contribution in [2.75, 3.05) is 13.6 Å². The summed E-state index contributed by atoms with van der Waals surface area (Å²) >= 11 is 0. The Morgan fingerprint density at radius 2 is 2.16 bits per heavy atom. The molecule has 1 aromatic heterocycles. The lowest BCUT2D eigenvalue weighted by Gasteiger charge is -2.28. The van der Waals surface area contributed by atoms with E-state index in [9.17, 15) is 14.0 Å². The quantitative estimate of drug-likeness (QED) is 0.906. The van der Waals surface area contributed by atoms with Gasteiger partial charge in [0, 0.05) is 32.5 Å². The lowest BCUT2D eigenvalue weighted by atomic mass is 10.0. The predicted molar refractivity (Wildman–Crippen MR) is 88.8 cm³/mol. The van der Waals surface area contributed by atoms with Crippen LogP contribution in [0.1, 0.15) is 36.2 Å². The summed E-state index contributed by atoms with van der Waals surface area (Å²) < 4.78 is 15.4. The zero-order chi connectivity index (χ0) is 18.0. The van der Waals surface area contributed by atoms with E-state index in [1.165, 1.54) is 10.7 Å². The van der Waals surface area contributed by atoms with E-state index in [0.717, 1.165) is 0 Å². The van der Waals surface area contributed by atoms with Gasteiger partial charge in [0.2, 0.25) is 11.7 Å². The number of para-hydroxylation sites is 1. The molecule has 25 heavy (non-hydrogen) atoms. The van der Waals surface area contributed by atoms with Gasteiger partial charge in [-0.25, -0.2) is 14.1 Å². The van der Waals surface area contributed by atoms with Crippen LogP contribution in [0.15, 0.2) is 24.3 Å². The van der Waals surface area contributed by atoms with Crippen LogP contribution in [0.3, 0.4) is 0 Å². The minimum absolute atomic E-state index is 0.00403. The largest absolute Gasteiger partial charge is 0.346 e. The van der Waals surface area contributed by atoms with Gasteiger partial charge in [-0.3, -0.25) is 9.59 Å². The molecule has 0 bridgehead atoms. The summed E-state index contributed by atoms with van der Waals surface area (Å²) in [6.07, 6.45) is 1.45. The number of aryl methyl sites for hydroxylation is 1. The van der Waals surface area contributed by atoms with Crippen LogP contribution in [0.5, 0.6) is 0 Å². The van der Waals surface area contributed by atoms with Gasteiger partial charge in [-0.15, -0.1) is 5.10 Å². The molecule has 0 spiro atoms. The first kappa shape index (κ1) is 17.1. The van der Waals surface area contributed by atoms with Gasteiger partial charge in [0.15, 0.2) is 0 Å². The Morgan fingerprint density at radius 1 is 1.40 bits per heavy atom. The van der Waals surface area contributed by atoms with Crippen LogP contribution in [0.25, 0.3) is 5.69 Å². The maximum absolute atomic E-state index is 14.0. The maximum atomic E-state index is 14.0. The second-order valence-corrected chi connectivity index (χ2v) is 6.05. The number of benzene rings is 1. The molecule has 0 radical (unpaired) electrons. The lowest BCUT2D eigenvalue weighted by molar-refractivity contribution is -0.132. The minimum atomic E-state index is -0.452. The SMILES string of the molecule is CCc1nc(C(=O)NC2CCN(C)C(=O)C2)nn1-c1ccccc1F. The molecule has 7 nitrogen and oxygen atoms in total. The van der Waals surface area contributed by atoms with Crippen molar-refractivity contribution < 1.29 is 14.0 Å². The Balaban J connectivity index is 1.80. The summed E-state index contributed by atoms with van der Waals surface area (Å²) in [5.74, 6) is -0.418. The van der Waals surface area contributed by atoms with E-state index in [1.807, 2.05) is 6.92 Å². The molecule has 1 aliphatic rings. The fourth-order valence-electron chi connectivity index (χ4n) is 2.80. The number of hydrogen-bond acceptors (Lipinski definition) is 4. The average Bonchev–Trinajstić information content (AvgIpc) is 3.03. The van der Waals surface area contributed by atoms with Crippen molar-refractivity contribution in [1.82, 2.24) is 25.0 Å². The van der Waals surface area contributed by atoms with E-state index in [1.54, 1.807) is 30.1 Å². The molecule has 1 fully saturated rings. The normalized spacial score (nSPS) is 17.6. The molecule has 132 valence electrons. The van der Waals surface area contributed by atoms with Crippen molar-refractivity contribution >= 4 is 11.8 Å². The number of nitrogens with zero attached hydrogens (tertiary/aromatic N) is 4. The number of rotatable bonds is 4. The first-order valence-corrected chi connectivity index (χ1v) is 8.25. The van der Waals surface area contributed by atoms with Gasteiger partial charge in [0.25, 0.3) is 5.91 Å². The summed E-state index contributed by atoms with van der Waals surface area (Å²) in [7, 11) is 1.74. The van der Waals surface area contributed by atoms with Crippen molar-refractivity contribution in [1.29, 1.82) is 0 Å². The van der Waals surface area contributed by atoms with Crippen molar-refractivity contribution in [3.63, 3.8) is 0 Å². The molecule has 1 unspecified atom stereocenters. The molecule has 2 amide bonds. The zero-order valence-corrected chi connectivity index (χ0v) is 14.2. The Morgan fingerprint density at radius 3 is 2.84 bits per heavy atom. The third kappa shape index (κ3) is 3.52. The monoisotopic (exact) mass is 345 g/mol. The van der Waals surface area contributed by atoms with Crippen molar-refractivity contribution in [3.8, 4) is 5.69 Å². The fraction of sp³-hybridized carbons (Fsp3) is 0.412. The van der Waals surface area contributed by atoms with Crippen LogP contribution in [-0.2, 0) is 11.2 Å². The second kappa shape index (κ2) is 7.00. The molecule has 1 saturated heterocycles. The number of nitrogens with one attached hydrogen (secondary N) is 1. The van der Waals surface area contributed by atoms with Gasteiger partial charge in [-0.05, 0) is 18.6 Å². The number of aromatic nitrogens is 3. The molecule has 1 atom stereocenters. The average molecular weight is 345 g/mol. The van der Waals surface area contributed by atoms with Gasteiger partial charge in [0.1, 0.15) is 17.3 Å². The molecule has 0 saturated carbocycles. The molecule has 8 heteroatoms. The van der Waals surface area contributed by atoms with Crippen LogP contribution in [-0.4, -0.2) is 51.1 Å². The van der Waals surface area contributed by atoms with Gasteiger partial charge in [0.05, 0.1) is 0 Å². The summed E-state index contributed by atoms with van der Waals surface area (Å²) in [5, 5.41) is 6.97. The predicted octanol–water partition coefficient (Wildman–Crippen LogP) is 1.32. The Hall–Kier alpha value is -2.77. The number of hydrogen-bond donors (Lipinski definition) is 1. The topological polar surface area (TPSA) is 80.1 Å². The van der Waals surface area contributed by atoms with E-state index < -0.39 is 11.7 Å². The number of amides is 2. The zero-order valence-electron chi connectivity index (χ0n) is 14.2. The number of carbonyl (C=O) groups excluding carboxylic acids is 2. The van der Waals surface area contributed by atoms with E-state index in [2.05, 4.69) is 15.4 Å². The van der Waals surface area contributed by atoms with Gasteiger partial charge in [-0.2, -0.15) is 0 Å². The fourth-order valence-corrected chi connectivity index (χ4v) is 2.80. The molecular weight excluding hydrogens is 325 g/mol. The van der Waals surface area contributed by atoms with Gasteiger partial charge in [-0.1, -0.05) is 19.1 Å². The van der Waals surface area contributed by atoms with Crippen molar-refractivity contribution in [3.05, 3.63) is 41.7 Å². The first-order valence-electron chi connectivity index (χ1n) is 8.25. The highest BCUT2D eigenvalue weighted by molar-refractivity contribution is 5.91. The standard InChI is InChI=1S/C17H20FN5O2/c1-3-14-20-16(21-23(14)13-7-5-4-6-12(13)18)17(25)19-11-8-9-22(2)15(24)10-11/h4-7,11H,3,8-10H2,1-2H3,(H,19,25). The van der Waals surface area contributed by atoms with Crippen LogP contribution in [0.4, 0.5) is 4.39 Å². The highest BCUT2D eigenvalue weighted by Gasteiger charge is 2.26. The summed E-state index contributed by atoms with van der Waals surface area (Å²) in [4.78, 5) is 30.0. The lowest BCUT2D eigenvalue weighted by Crippen LogP contribution is -2.46. The molecule has 3 rings (SSSR count). The third-order valence-electron chi connectivity index (χ3n) is 4.27. The van der Waals surface area contributed by atoms with E-state index in [-0.39, 0.29) is 29.9 Å². The molecule has 1 aromatic carbocycles. The van der Waals surface area contributed by atoms with Crippen LogP contribution >= 0.6 is 0 Å². The Bertz CT molecular complexity index is 804. The van der Waals surface area contributed by atoms with Crippen LogP contribution in [0, 0.1) is 5.82 Å². The number of piperidine rings is 1. The van der Waals surface area contributed by atoms with E-state index in [0.29, 0.717) is 25.2 Å². The van der Waals surface area contributed by atoms with E-state index in [4.69, 9.17) is 0 Å². The Labute approximate surface area is 144 Å². The summed E-state index contributed by atoms with van der Waals surface area (Å²) in [6, 6.07) is 5.97. The van der Waals surface area contributed by atoms with Crippen molar-refractivity contribution in [2.45, 2.75) is 32.2 Å². The molecule has 2 aromatic rings. The maximum Gasteiger partial charge on any atom is 0.291 e. The van der Waals surface area contributed by atoms with Gasteiger partial charge >= 0.3 is 0 Å². The molecule has 2 heterocycles. The third-order valence-corrected chi connectivity index (χ3v) is 4.27. The highest BCUT2D eigenvalue weighted by atomic mass is 19.1. The summed E-state index contributed by atoms with van der Waals surface area (Å²) in [5.41, 5.74) is 0.250. The van der Waals surface area contributed by atoms with Gasteiger partial charge < -0.3 is 10.2 Å². The molecule has 1 aliphatic heterocycles. The van der Waals surface area contributed by atoms with Crippen molar-refractivity contribution in [2.24, 2.45) is 0 Å². The minimum Gasteiger partial charge on any atom is -0.346 e. The van der Waals surface area contributed by atoms with Crippen LogP contribution < -0.4 is 5.32 Å². The summed E-state index contributed by atoms with van der Waals surface area (Å²) in [6.45, 7) is 2.46. The van der Waals surface area contributed by atoms with E-state index >= 15 is 0 Å². The highest BCUT2D eigenvalue weighted by Crippen LogP contribution is 2.15. The first-order chi connectivity index (χ1) is 12.0.